The lowest BCUT2D eigenvalue weighted by Gasteiger charge is -2.27. The van der Waals surface area contributed by atoms with E-state index in [4.69, 9.17) is 0 Å². The minimum Gasteiger partial charge on any atom is -0.181 e. The summed E-state index contributed by atoms with van der Waals surface area (Å²) >= 11 is 0. The van der Waals surface area contributed by atoms with Gasteiger partial charge >= 0.3 is 0 Å². The third kappa shape index (κ3) is 1.48. The van der Waals surface area contributed by atoms with E-state index < -0.39 is 0 Å². The Labute approximate surface area is 84.4 Å². The van der Waals surface area contributed by atoms with Gasteiger partial charge in [0.05, 0.1) is 0 Å². The highest BCUT2D eigenvalue weighted by atomic mass is 15.1. The molecule has 1 unspecified atom stereocenters. The Hall–Kier alpha value is -1.44. The summed E-state index contributed by atoms with van der Waals surface area (Å²) in [5.74, 6) is 0. The molecule has 1 aromatic carbocycles. The highest BCUT2D eigenvalue weighted by Crippen LogP contribution is 2.31. The van der Waals surface area contributed by atoms with Crippen molar-refractivity contribution < 1.29 is 0 Å². The molecule has 2 heteroatoms. The van der Waals surface area contributed by atoms with Crippen LogP contribution < -0.4 is 0 Å². The van der Waals surface area contributed by atoms with Gasteiger partial charge < -0.3 is 0 Å². The maximum atomic E-state index is 4.20. The molecule has 14 heavy (non-hydrogen) atoms. The number of hydrogen-bond acceptors (Lipinski definition) is 2. The fourth-order valence-corrected chi connectivity index (χ4v) is 1.69. The van der Waals surface area contributed by atoms with Gasteiger partial charge in [0.2, 0.25) is 0 Å². The zero-order chi connectivity index (χ0) is 10.0. The van der Waals surface area contributed by atoms with Gasteiger partial charge in [0.15, 0.2) is 0 Å². The van der Waals surface area contributed by atoms with E-state index in [9.17, 15) is 0 Å². The van der Waals surface area contributed by atoms with Crippen LogP contribution in [0.3, 0.4) is 0 Å². The van der Waals surface area contributed by atoms with Crippen LogP contribution in [0.5, 0.6) is 0 Å². The van der Waals surface area contributed by atoms with Gasteiger partial charge in [0, 0.05) is 11.6 Å². The third-order valence-corrected chi connectivity index (χ3v) is 2.78. The molecule has 0 aliphatic carbocycles. The average molecular weight is 186 g/mol. The molecular formula is C12H14N2. The van der Waals surface area contributed by atoms with Gasteiger partial charge in [-0.05, 0) is 11.6 Å². The van der Waals surface area contributed by atoms with Crippen molar-refractivity contribution in [1.29, 1.82) is 0 Å². The quantitative estimate of drug-likeness (QED) is 0.677. The Morgan fingerprint density at radius 2 is 1.86 bits per heavy atom. The van der Waals surface area contributed by atoms with E-state index in [1.807, 2.05) is 12.1 Å². The first-order valence-corrected chi connectivity index (χ1v) is 4.83. The van der Waals surface area contributed by atoms with Crippen LogP contribution in [0, 0.1) is 0 Å². The molecule has 2 nitrogen and oxygen atoms in total. The van der Waals surface area contributed by atoms with Crippen molar-refractivity contribution in [3.8, 4) is 0 Å². The van der Waals surface area contributed by atoms with Gasteiger partial charge in [-0.25, -0.2) is 0 Å². The summed E-state index contributed by atoms with van der Waals surface area (Å²) in [6.07, 6.45) is 3.82. The summed E-state index contributed by atoms with van der Waals surface area (Å²) in [7, 11) is 0. The predicted octanol–water partition coefficient (Wildman–Crippen LogP) is 3.31. The summed E-state index contributed by atoms with van der Waals surface area (Å²) in [6.45, 7) is 4.39. The van der Waals surface area contributed by atoms with E-state index in [-0.39, 0.29) is 11.5 Å². The number of benzene rings is 1. The lowest BCUT2D eigenvalue weighted by atomic mass is 9.78. The summed E-state index contributed by atoms with van der Waals surface area (Å²) in [4.78, 5) is 0. The van der Waals surface area contributed by atoms with Crippen LogP contribution >= 0.6 is 0 Å². The van der Waals surface area contributed by atoms with Crippen LogP contribution in [-0.4, -0.2) is 6.04 Å². The summed E-state index contributed by atoms with van der Waals surface area (Å²) in [5.41, 5.74) is 1.33. The molecule has 1 heterocycles. The zero-order valence-electron chi connectivity index (χ0n) is 8.51. The predicted molar refractivity (Wildman–Crippen MR) is 57.3 cm³/mol. The van der Waals surface area contributed by atoms with Crippen LogP contribution in [0.15, 0.2) is 52.8 Å². The van der Waals surface area contributed by atoms with E-state index >= 15 is 0 Å². The fraction of sp³-hybridized carbons (Fsp3) is 0.333. The van der Waals surface area contributed by atoms with E-state index in [1.165, 1.54) is 5.56 Å². The second kappa shape index (κ2) is 3.37. The van der Waals surface area contributed by atoms with E-state index in [2.05, 4.69) is 48.3 Å². The number of rotatable bonds is 2. The Bertz CT molecular complexity index is 351. The molecule has 2 rings (SSSR count). The number of azo groups is 1. The Kier molecular flexibility index (Phi) is 2.20. The van der Waals surface area contributed by atoms with Gasteiger partial charge in [-0.15, -0.1) is 0 Å². The molecule has 0 saturated heterocycles. The van der Waals surface area contributed by atoms with Crippen molar-refractivity contribution in [2.45, 2.75) is 25.3 Å². The van der Waals surface area contributed by atoms with Gasteiger partial charge in [0.1, 0.15) is 6.04 Å². The molecule has 1 aliphatic heterocycles. The standard InChI is InChI=1S/C12H14N2/c1-12(2,11-8-9-13-14-11)10-6-4-3-5-7-10/h3-9,11H,1-2H3. The van der Waals surface area contributed by atoms with E-state index in [1.54, 1.807) is 6.20 Å². The van der Waals surface area contributed by atoms with Crippen molar-refractivity contribution in [2.24, 2.45) is 10.2 Å². The highest BCUT2D eigenvalue weighted by Gasteiger charge is 2.30. The molecule has 1 aliphatic rings. The monoisotopic (exact) mass is 186 g/mol. The lowest BCUT2D eigenvalue weighted by molar-refractivity contribution is 0.464. The summed E-state index contributed by atoms with van der Waals surface area (Å²) in [5, 5.41) is 8.10. The number of nitrogens with zero attached hydrogens (tertiary/aromatic N) is 2. The minimum atomic E-state index is 0.0256. The summed E-state index contributed by atoms with van der Waals surface area (Å²) < 4.78 is 0. The maximum Gasteiger partial charge on any atom is 0.100 e. The first-order chi connectivity index (χ1) is 6.71. The van der Waals surface area contributed by atoms with Gasteiger partial charge in [-0.1, -0.05) is 44.2 Å². The second-order valence-corrected chi connectivity index (χ2v) is 4.11. The van der Waals surface area contributed by atoms with E-state index in [0.717, 1.165) is 0 Å². The number of hydrogen-bond donors (Lipinski definition) is 0. The Balaban J connectivity index is 2.32. The molecule has 0 radical (unpaired) electrons. The molecule has 0 amide bonds. The maximum absolute atomic E-state index is 4.20. The molecule has 72 valence electrons. The SMILES string of the molecule is CC(C)(c1ccccc1)C1C=CN=N1. The second-order valence-electron chi connectivity index (χ2n) is 4.11. The largest absolute Gasteiger partial charge is 0.181 e. The molecule has 0 saturated carbocycles. The normalized spacial score (nSPS) is 20.3. The molecule has 0 aromatic heterocycles. The minimum absolute atomic E-state index is 0.0256. The van der Waals surface area contributed by atoms with Crippen LogP contribution in [0.25, 0.3) is 0 Å². The molecule has 0 fully saturated rings. The van der Waals surface area contributed by atoms with Crippen molar-refractivity contribution in [3.63, 3.8) is 0 Å². The van der Waals surface area contributed by atoms with Crippen LogP contribution in [-0.2, 0) is 5.41 Å². The molecule has 1 aromatic rings. The van der Waals surface area contributed by atoms with Crippen molar-refractivity contribution in [1.82, 2.24) is 0 Å². The van der Waals surface area contributed by atoms with E-state index in [0.29, 0.717) is 0 Å². The van der Waals surface area contributed by atoms with Gasteiger partial charge in [0.25, 0.3) is 0 Å². The Morgan fingerprint density at radius 3 is 2.43 bits per heavy atom. The molecule has 1 atom stereocenters. The van der Waals surface area contributed by atoms with Crippen molar-refractivity contribution in [2.75, 3.05) is 0 Å². The van der Waals surface area contributed by atoms with Gasteiger partial charge in [-0.2, -0.15) is 10.2 Å². The van der Waals surface area contributed by atoms with Gasteiger partial charge in [-0.3, -0.25) is 0 Å². The summed E-state index contributed by atoms with van der Waals surface area (Å²) in [6, 6.07) is 10.6. The van der Waals surface area contributed by atoms with Crippen LogP contribution in [0.2, 0.25) is 0 Å². The Morgan fingerprint density at radius 1 is 1.14 bits per heavy atom. The molecule has 0 spiro atoms. The first kappa shape index (κ1) is 9.13. The van der Waals surface area contributed by atoms with Crippen LogP contribution in [0.4, 0.5) is 0 Å². The first-order valence-electron chi connectivity index (χ1n) is 4.83. The van der Waals surface area contributed by atoms with Crippen molar-refractivity contribution >= 4 is 0 Å². The third-order valence-electron chi connectivity index (χ3n) is 2.78. The van der Waals surface area contributed by atoms with Crippen molar-refractivity contribution in [3.05, 3.63) is 48.2 Å². The topological polar surface area (TPSA) is 24.7 Å². The highest BCUT2D eigenvalue weighted by molar-refractivity contribution is 5.28. The lowest BCUT2D eigenvalue weighted by Crippen LogP contribution is -2.29. The molecule has 0 bridgehead atoms. The average Bonchev–Trinajstić information content (AvgIpc) is 2.72. The van der Waals surface area contributed by atoms with Crippen LogP contribution in [0.1, 0.15) is 19.4 Å². The molecular weight excluding hydrogens is 172 g/mol. The zero-order valence-corrected chi connectivity index (χ0v) is 8.51. The fourth-order valence-electron chi connectivity index (χ4n) is 1.69. The molecule has 0 N–H and O–H groups in total. The smallest absolute Gasteiger partial charge is 0.100 e.